The summed E-state index contributed by atoms with van der Waals surface area (Å²) in [6.45, 7) is 4.07. The van der Waals surface area contributed by atoms with E-state index in [-0.39, 0.29) is 17.6 Å². The van der Waals surface area contributed by atoms with E-state index in [4.69, 9.17) is 4.74 Å². The summed E-state index contributed by atoms with van der Waals surface area (Å²) in [5.41, 5.74) is 4.53. The first-order valence-corrected chi connectivity index (χ1v) is 15.9. The van der Waals surface area contributed by atoms with E-state index in [1.807, 2.05) is 123 Å². The predicted molar refractivity (Wildman–Crippen MR) is 183 cm³/mol. The minimum absolute atomic E-state index is 0.125. The van der Waals surface area contributed by atoms with Crippen molar-refractivity contribution in [2.45, 2.75) is 24.7 Å². The number of amides is 2. The molecule has 4 atom stereocenters. The molecule has 5 aromatic rings. The van der Waals surface area contributed by atoms with Crippen LogP contribution in [-0.4, -0.2) is 24.7 Å². The standard InChI is InChI=1S/C42H33NO4/c1-26-14-18-28(19-15-26)34-35(29-20-16-27(2)17-21-29)42(31-12-8-5-9-13-31)37-36(41(34,40(42)46)30-10-6-4-7-11-30)38(44)43(39(37)45)32-22-24-33(47-3)25-23-32/h4-25,36-37H,1-3H3/t36-,37-,41+,42+/m1/s1. The summed E-state index contributed by atoms with van der Waals surface area (Å²) >= 11 is 0. The van der Waals surface area contributed by atoms with Crippen molar-refractivity contribution < 1.29 is 19.1 Å². The van der Waals surface area contributed by atoms with Crippen molar-refractivity contribution in [3.8, 4) is 5.75 Å². The number of carbonyl (C=O) groups is 3. The van der Waals surface area contributed by atoms with Crippen molar-refractivity contribution in [2.75, 3.05) is 12.0 Å². The number of carbonyl (C=O) groups excluding carboxylic acids is 3. The highest BCUT2D eigenvalue weighted by Gasteiger charge is 2.82. The molecule has 0 unspecified atom stereocenters. The number of ether oxygens (including phenoxy) is 1. The highest BCUT2D eigenvalue weighted by atomic mass is 16.5. The average Bonchev–Trinajstić information content (AvgIpc) is 3.62. The van der Waals surface area contributed by atoms with E-state index in [2.05, 4.69) is 0 Å². The molecule has 3 aliphatic rings. The molecular weight excluding hydrogens is 582 g/mol. The number of aryl methyl sites for hydroxylation is 2. The number of ketones is 1. The van der Waals surface area contributed by atoms with Gasteiger partial charge in [0.1, 0.15) is 5.75 Å². The summed E-state index contributed by atoms with van der Waals surface area (Å²) in [6, 6.07) is 42.6. The Labute approximate surface area is 274 Å². The van der Waals surface area contributed by atoms with Crippen molar-refractivity contribution in [2.24, 2.45) is 11.8 Å². The molecule has 2 fully saturated rings. The maximum Gasteiger partial charge on any atom is 0.239 e. The summed E-state index contributed by atoms with van der Waals surface area (Å²) in [7, 11) is 1.58. The van der Waals surface area contributed by atoms with Crippen LogP contribution in [-0.2, 0) is 25.2 Å². The van der Waals surface area contributed by atoms with Crippen LogP contribution in [0.15, 0.2) is 133 Å². The van der Waals surface area contributed by atoms with Gasteiger partial charge in [-0.3, -0.25) is 14.4 Å². The number of fused-ring (bicyclic) bond motifs is 5. The van der Waals surface area contributed by atoms with Crippen LogP contribution in [0.25, 0.3) is 11.1 Å². The first-order chi connectivity index (χ1) is 22.8. The molecule has 5 heteroatoms. The lowest BCUT2D eigenvalue weighted by atomic mass is 9.59. The first-order valence-electron chi connectivity index (χ1n) is 15.9. The maximum absolute atomic E-state index is 16.0. The Kier molecular flexibility index (Phi) is 6.45. The van der Waals surface area contributed by atoms with E-state index in [0.717, 1.165) is 33.4 Å². The Bertz CT molecular complexity index is 1960. The van der Waals surface area contributed by atoms with Gasteiger partial charge >= 0.3 is 0 Å². The molecule has 8 rings (SSSR count). The summed E-state index contributed by atoms with van der Waals surface area (Å²) in [6.07, 6.45) is 0. The number of imide groups is 1. The van der Waals surface area contributed by atoms with Gasteiger partial charge < -0.3 is 4.74 Å². The first kappa shape index (κ1) is 28.9. The molecule has 5 aromatic carbocycles. The number of hydrogen-bond acceptors (Lipinski definition) is 4. The molecule has 1 saturated carbocycles. The number of Topliss-reactive ketones (excluding diaryl/α,β-unsaturated/α-hetero) is 1. The summed E-state index contributed by atoms with van der Waals surface area (Å²) in [5, 5.41) is 0. The van der Waals surface area contributed by atoms with Gasteiger partial charge in [0.15, 0.2) is 5.78 Å². The van der Waals surface area contributed by atoms with Crippen LogP contribution >= 0.6 is 0 Å². The fraction of sp³-hybridized carbons (Fsp3) is 0.167. The molecule has 2 amide bonds. The maximum atomic E-state index is 16.0. The topological polar surface area (TPSA) is 63.7 Å². The van der Waals surface area contributed by atoms with Gasteiger partial charge in [-0.05, 0) is 71.5 Å². The van der Waals surface area contributed by atoms with Crippen molar-refractivity contribution >= 4 is 34.4 Å². The van der Waals surface area contributed by atoms with Crippen LogP contribution in [0, 0.1) is 25.7 Å². The zero-order chi connectivity index (χ0) is 32.5. The molecule has 2 aliphatic carbocycles. The Hall–Kier alpha value is -5.55. The van der Waals surface area contributed by atoms with E-state index >= 15 is 14.4 Å². The third-order valence-corrected chi connectivity index (χ3v) is 10.5. The minimum atomic E-state index is -1.43. The number of allylic oxidation sites excluding steroid dienone is 2. The van der Waals surface area contributed by atoms with Crippen molar-refractivity contribution in [1.29, 1.82) is 0 Å². The Morgan fingerprint density at radius 3 is 1.32 bits per heavy atom. The number of nitrogens with zero attached hydrogens (tertiary/aromatic N) is 1. The van der Waals surface area contributed by atoms with Crippen LogP contribution < -0.4 is 9.64 Å². The molecule has 47 heavy (non-hydrogen) atoms. The summed E-state index contributed by atoms with van der Waals surface area (Å²) in [5.74, 6) is -2.16. The summed E-state index contributed by atoms with van der Waals surface area (Å²) < 4.78 is 5.37. The number of anilines is 1. The van der Waals surface area contributed by atoms with Crippen LogP contribution in [0.4, 0.5) is 5.69 Å². The lowest BCUT2D eigenvalue weighted by molar-refractivity contribution is -0.130. The number of rotatable bonds is 6. The zero-order valence-corrected chi connectivity index (χ0v) is 26.4. The SMILES string of the molecule is COc1ccc(N2C(=O)[C@H]3[C@H](C2=O)[C@@]2(c4ccccc4)C(=O)[C@@]3(c3ccccc3)C(c3ccc(C)cc3)=C2c2ccc(C)cc2)cc1. The molecule has 230 valence electrons. The molecule has 5 nitrogen and oxygen atoms in total. The van der Waals surface area contributed by atoms with E-state index in [0.29, 0.717) is 22.6 Å². The van der Waals surface area contributed by atoms with Crippen LogP contribution in [0.1, 0.15) is 33.4 Å². The van der Waals surface area contributed by atoms with E-state index in [9.17, 15) is 0 Å². The van der Waals surface area contributed by atoms with Crippen molar-refractivity contribution in [1.82, 2.24) is 0 Å². The van der Waals surface area contributed by atoms with Gasteiger partial charge in [0.2, 0.25) is 11.8 Å². The normalized spacial score (nSPS) is 24.7. The van der Waals surface area contributed by atoms with E-state index in [1.54, 1.807) is 31.4 Å². The second kappa shape index (κ2) is 10.5. The third kappa shape index (κ3) is 3.74. The van der Waals surface area contributed by atoms with Gasteiger partial charge in [0.25, 0.3) is 0 Å². The van der Waals surface area contributed by atoms with Gasteiger partial charge in [0.05, 0.1) is 35.5 Å². The van der Waals surface area contributed by atoms with Gasteiger partial charge in [0, 0.05) is 0 Å². The molecule has 0 spiro atoms. The third-order valence-electron chi connectivity index (χ3n) is 10.5. The van der Waals surface area contributed by atoms with Gasteiger partial charge in [-0.25, -0.2) is 4.90 Å². The molecular formula is C42H33NO4. The highest BCUT2D eigenvalue weighted by Crippen LogP contribution is 2.74. The van der Waals surface area contributed by atoms with Crippen molar-refractivity contribution in [3.05, 3.63) is 167 Å². The smallest absolute Gasteiger partial charge is 0.239 e. The molecule has 0 aromatic heterocycles. The van der Waals surface area contributed by atoms with E-state index in [1.165, 1.54) is 4.90 Å². The van der Waals surface area contributed by atoms with Crippen LogP contribution in [0.2, 0.25) is 0 Å². The molecule has 1 saturated heterocycles. The predicted octanol–water partition coefficient (Wildman–Crippen LogP) is 7.50. The summed E-state index contributed by atoms with van der Waals surface area (Å²) in [4.78, 5) is 47.4. The Morgan fingerprint density at radius 2 is 0.936 bits per heavy atom. The molecule has 2 bridgehead atoms. The molecule has 0 radical (unpaired) electrons. The van der Waals surface area contributed by atoms with Gasteiger partial charge in [-0.1, -0.05) is 120 Å². The highest BCUT2D eigenvalue weighted by molar-refractivity contribution is 6.39. The monoisotopic (exact) mass is 615 g/mol. The average molecular weight is 616 g/mol. The fourth-order valence-corrected chi connectivity index (χ4v) is 8.55. The Morgan fingerprint density at radius 1 is 0.532 bits per heavy atom. The molecule has 1 aliphatic heterocycles. The van der Waals surface area contributed by atoms with Gasteiger partial charge in [-0.15, -0.1) is 0 Å². The number of methoxy groups -OCH3 is 1. The number of benzene rings is 5. The zero-order valence-electron chi connectivity index (χ0n) is 26.4. The van der Waals surface area contributed by atoms with Gasteiger partial charge in [-0.2, -0.15) is 0 Å². The molecule has 0 N–H and O–H groups in total. The van der Waals surface area contributed by atoms with Crippen LogP contribution in [0.5, 0.6) is 5.75 Å². The molecule has 1 heterocycles. The van der Waals surface area contributed by atoms with Crippen molar-refractivity contribution in [3.63, 3.8) is 0 Å². The quantitative estimate of drug-likeness (QED) is 0.186. The van der Waals surface area contributed by atoms with E-state index < -0.39 is 22.7 Å². The lowest BCUT2D eigenvalue weighted by Gasteiger charge is -2.39. The number of hydrogen-bond donors (Lipinski definition) is 0. The lowest BCUT2D eigenvalue weighted by Crippen LogP contribution is -2.45. The van der Waals surface area contributed by atoms with Crippen LogP contribution in [0.3, 0.4) is 0 Å². The Balaban J connectivity index is 1.53. The second-order valence-electron chi connectivity index (χ2n) is 12.8. The second-order valence-corrected chi connectivity index (χ2v) is 12.8. The minimum Gasteiger partial charge on any atom is -0.497 e. The fourth-order valence-electron chi connectivity index (χ4n) is 8.55. The largest absolute Gasteiger partial charge is 0.497 e.